The summed E-state index contributed by atoms with van der Waals surface area (Å²) in [7, 11) is 0. The topological polar surface area (TPSA) is 59.0 Å². The number of rotatable bonds is 3. The van der Waals surface area contributed by atoms with Gasteiger partial charge in [0.05, 0.1) is 17.6 Å². The Bertz CT molecular complexity index is 626. The van der Waals surface area contributed by atoms with Gasteiger partial charge in [0, 0.05) is 23.7 Å². The van der Waals surface area contributed by atoms with E-state index < -0.39 is 0 Å². The minimum atomic E-state index is 0.0840. The van der Waals surface area contributed by atoms with Gasteiger partial charge < -0.3 is 10.6 Å². The number of fused-ring (bicyclic) bond motifs is 1. The number of anilines is 1. The van der Waals surface area contributed by atoms with Gasteiger partial charge in [-0.05, 0) is 45.0 Å². The molecule has 1 aromatic carbocycles. The normalized spacial score (nSPS) is 18.9. The van der Waals surface area contributed by atoms with Gasteiger partial charge in [0.1, 0.15) is 0 Å². The van der Waals surface area contributed by atoms with Gasteiger partial charge in [-0.2, -0.15) is 5.10 Å². The van der Waals surface area contributed by atoms with Crippen LogP contribution >= 0.6 is 0 Å². The van der Waals surface area contributed by atoms with Crippen molar-refractivity contribution in [1.29, 1.82) is 0 Å². The van der Waals surface area contributed by atoms with Crippen LogP contribution in [0.3, 0.4) is 0 Å². The summed E-state index contributed by atoms with van der Waals surface area (Å²) in [5.41, 5.74) is 1.90. The fourth-order valence-electron chi connectivity index (χ4n) is 2.65. The third kappa shape index (κ3) is 2.41. The molecule has 0 bridgehead atoms. The van der Waals surface area contributed by atoms with E-state index in [0.717, 1.165) is 36.1 Å². The second-order valence-corrected chi connectivity index (χ2v) is 5.64. The third-order valence-corrected chi connectivity index (χ3v) is 3.79. The number of nitrogens with one attached hydrogen (secondary N) is 2. The molecule has 5 nitrogen and oxygen atoms in total. The molecule has 2 heterocycles. The van der Waals surface area contributed by atoms with E-state index in [2.05, 4.69) is 29.6 Å². The van der Waals surface area contributed by atoms with Crippen molar-refractivity contribution in [3.8, 4) is 0 Å². The number of amides is 1. The summed E-state index contributed by atoms with van der Waals surface area (Å²) >= 11 is 0. The number of hydrogen-bond acceptors (Lipinski definition) is 3. The van der Waals surface area contributed by atoms with Gasteiger partial charge in [0.15, 0.2) is 0 Å². The SMILES string of the molecule is CC(C)n1ncc2ccc(NC(=O)C3CCNC3)cc21. The Hall–Kier alpha value is -1.88. The number of carbonyl (C=O) groups is 1. The van der Waals surface area contributed by atoms with Crippen LogP contribution in [0.2, 0.25) is 0 Å². The lowest BCUT2D eigenvalue weighted by Gasteiger charge is -2.11. The molecule has 1 aliphatic heterocycles. The van der Waals surface area contributed by atoms with Crippen LogP contribution in [0.15, 0.2) is 24.4 Å². The van der Waals surface area contributed by atoms with Crippen molar-refractivity contribution in [1.82, 2.24) is 15.1 Å². The van der Waals surface area contributed by atoms with Crippen LogP contribution in [-0.4, -0.2) is 28.8 Å². The zero-order valence-electron chi connectivity index (χ0n) is 11.9. The number of nitrogens with zero attached hydrogens (tertiary/aromatic N) is 2. The van der Waals surface area contributed by atoms with Crippen molar-refractivity contribution in [2.24, 2.45) is 5.92 Å². The first-order valence-corrected chi connectivity index (χ1v) is 7.14. The van der Waals surface area contributed by atoms with Crippen LogP contribution in [-0.2, 0) is 4.79 Å². The molecule has 1 saturated heterocycles. The highest BCUT2D eigenvalue weighted by Gasteiger charge is 2.22. The van der Waals surface area contributed by atoms with Crippen LogP contribution in [0.4, 0.5) is 5.69 Å². The van der Waals surface area contributed by atoms with Crippen molar-refractivity contribution in [3.63, 3.8) is 0 Å². The van der Waals surface area contributed by atoms with Gasteiger partial charge in [-0.1, -0.05) is 0 Å². The number of aromatic nitrogens is 2. The lowest BCUT2D eigenvalue weighted by atomic mass is 10.1. The molecule has 1 aliphatic rings. The van der Waals surface area contributed by atoms with Crippen molar-refractivity contribution >= 4 is 22.5 Å². The Kier molecular flexibility index (Phi) is 3.44. The summed E-state index contributed by atoms with van der Waals surface area (Å²) in [5.74, 6) is 0.186. The lowest BCUT2D eigenvalue weighted by molar-refractivity contribution is -0.119. The first kappa shape index (κ1) is 13.1. The minimum absolute atomic E-state index is 0.0840. The maximum atomic E-state index is 12.1. The molecule has 1 aromatic heterocycles. The zero-order valence-corrected chi connectivity index (χ0v) is 11.9. The molecule has 0 aliphatic carbocycles. The van der Waals surface area contributed by atoms with E-state index in [-0.39, 0.29) is 11.8 Å². The maximum absolute atomic E-state index is 12.1. The van der Waals surface area contributed by atoms with Gasteiger partial charge in [-0.15, -0.1) is 0 Å². The van der Waals surface area contributed by atoms with Gasteiger partial charge in [-0.3, -0.25) is 9.48 Å². The highest BCUT2D eigenvalue weighted by atomic mass is 16.1. The van der Waals surface area contributed by atoms with E-state index >= 15 is 0 Å². The Morgan fingerprint density at radius 3 is 3.05 bits per heavy atom. The van der Waals surface area contributed by atoms with Gasteiger partial charge in [0.25, 0.3) is 0 Å². The molecular weight excluding hydrogens is 252 g/mol. The molecule has 5 heteroatoms. The van der Waals surface area contributed by atoms with E-state index in [9.17, 15) is 4.79 Å². The van der Waals surface area contributed by atoms with E-state index in [0.29, 0.717) is 6.04 Å². The van der Waals surface area contributed by atoms with Crippen molar-refractivity contribution in [2.75, 3.05) is 18.4 Å². The number of benzene rings is 1. The summed E-state index contributed by atoms with van der Waals surface area (Å²) in [6.45, 7) is 5.90. The summed E-state index contributed by atoms with van der Waals surface area (Å²) < 4.78 is 1.97. The minimum Gasteiger partial charge on any atom is -0.326 e. The molecule has 3 rings (SSSR count). The highest BCUT2D eigenvalue weighted by Crippen LogP contribution is 2.22. The van der Waals surface area contributed by atoms with Crippen LogP contribution in [0, 0.1) is 5.92 Å². The van der Waals surface area contributed by atoms with Crippen molar-refractivity contribution < 1.29 is 4.79 Å². The fraction of sp³-hybridized carbons (Fsp3) is 0.467. The van der Waals surface area contributed by atoms with Crippen LogP contribution in [0.5, 0.6) is 0 Å². The van der Waals surface area contributed by atoms with Gasteiger partial charge in [-0.25, -0.2) is 0 Å². The monoisotopic (exact) mass is 272 g/mol. The second kappa shape index (κ2) is 5.25. The predicted molar refractivity (Wildman–Crippen MR) is 79.7 cm³/mol. The van der Waals surface area contributed by atoms with Gasteiger partial charge >= 0.3 is 0 Å². The average molecular weight is 272 g/mol. The molecular formula is C15H20N4O. The van der Waals surface area contributed by atoms with Crippen LogP contribution in [0.25, 0.3) is 10.9 Å². The van der Waals surface area contributed by atoms with Crippen molar-refractivity contribution in [2.45, 2.75) is 26.3 Å². The van der Waals surface area contributed by atoms with Gasteiger partial charge in [0.2, 0.25) is 5.91 Å². The second-order valence-electron chi connectivity index (χ2n) is 5.64. The molecule has 1 fully saturated rings. The molecule has 1 unspecified atom stereocenters. The summed E-state index contributed by atoms with van der Waals surface area (Å²) in [6, 6.07) is 6.25. The molecule has 1 atom stereocenters. The standard InChI is InChI=1S/C15H20N4O/c1-10(2)19-14-7-13(4-3-11(14)9-17-19)18-15(20)12-5-6-16-8-12/h3-4,7,9-10,12,16H,5-6,8H2,1-2H3,(H,18,20). The summed E-state index contributed by atoms with van der Waals surface area (Å²) in [4.78, 5) is 12.1. The molecule has 20 heavy (non-hydrogen) atoms. The quantitative estimate of drug-likeness (QED) is 0.900. The van der Waals surface area contributed by atoms with E-state index in [1.807, 2.05) is 29.1 Å². The Labute approximate surface area is 118 Å². The molecule has 106 valence electrons. The average Bonchev–Trinajstić information content (AvgIpc) is 3.07. The fourth-order valence-corrected chi connectivity index (χ4v) is 2.65. The molecule has 0 radical (unpaired) electrons. The molecule has 0 saturated carbocycles. The zero-order chi connectivity index (χ0) is 14.1. The largest absolute Gasteiger partial charge is 0.326 e. The first-order chi connectivity index (χ1) is 9.65. The van der Waals surface area contributed by atoms with E-state index in [1.165, 1.54) is 0 Å². The molecule has 2 N–H and O–H groups in total. The smallest absolute Gasteiger partial charge is 0.228 e. The number of hydrogen-bond donors (Lipinski definition) is 2. The Morgan fingerprint density at radius 1 is 1.50 bits per heavy atom. The van der Waals surface area contributed by atoms with Crippen LogP contribution in [0.1, 0.15) is 26.3 Å². The van der Waals surface area contributed by atoms with Crippen LogP contribution < -0.4 is 10.6 Å². The lowest BCUT2D eigenvalue weighted by Crippen LogP contribution is -2.24. The molecule has 0 spiro atoms. The summed E-state index contributed by atoms with van der Waals surface area (Å²) in [6.07, 6.45) is 2.78. The molecule has 1 amide bonds. The van der Waals surface area contributed by atoms with E-state index in [1.54, 1.807) is 0 Å². The number of carbonyl (C=O) groups excluding carboxylic acids is 1. The van der Waals surface area contributed by atoms with Crippen molar-refractivity contribution in [3.05, 3.63) is 24.4 Å². The Morgan fingerprint density at radius 2 is 2.35 bits per heavy atom. The molecule has 2 aromatic rings. The highest BCUT2D eigenvalue weighted by molar-refractivity contribution is 5.95. The van der Waals surface area contributed by atoms with E-state index in [4.69, 9.17) is 0 Å². The third-order valence-electron chi connectivity index (χ3n) is 3.79. The first-order valence-electron chi connectivity index (χ1n) is 7.14. The predicted octanol–water partition coefficient (Wildman–Crippen LogP) is 2.17. The Balaban J connectivity index is 1.84. The maximum Gasteiger partial charge on any atom is 0.228 e. The summed E-state index contributed by atoms with van der Waals surface area (Å²) in [5, 5.41) is 11.7.